The summed E-state index contributed by atoms with van der Waals surface area (Å²) in [6, 6.07) is 0. The van der Waals surface area contributed by atoms with Crippen molar-refractivity contribution in [3.05, 3.63) is 10.6 Å². The van der Waals surface area contributed by atoms with E-state index in [2.05, 4.69) is 31.7 Å². The van der Waals surface area contributed by atoms with Gasteiger partial charge in [-0.15, -0.1) is 0 Å². The number of rotatable bonds is 6. The normalized spacial score (nSPS) is 10.9. The van der Waals surface area contributed by atoms with Crippen molar-refractivity contribution in [3.8, 4) is 0 Å². The second kappa shape index (κ2) is 6.93. The number of aromatic nitrogens is 3. The second-order valence-electron chi connectivity index (χ2n) is 3.96. The van der Waals surface area contributed by atoms with Gasteiger partial charge in [0, 0.05) is 19.6 Å². The number of likely N-dealkylation sites (N-methyl/N-ethyl adjacent to an activating group) is 1. The first-order valence-corrected chi connectivity index (χ1v) is 6.25. The number of hydrogen-bond acceptors (Lipinski definition) is 5. The van der Waals surface area contributed by atoms with Crippen molar-refractivity contribution in [2.24, 2.45) is 0 Å². The predicted octanol–water partition coefficient (Wildman–Crippen LogP) is 1.96. The zero-order valence-corrected chi connectivity index (χ0v) is 11.8. The van der Waals surface area contributed by atoms with E-state index in [0.717, 1.165) is 26.1 Å². The summed E-state index contributed by atoms with van der Waals surface area (Å²) in [5, 5.41) is 0.261. The Kier molecular flexibility index (Phi) is 5.88. The molecule has 0 radical (unpaired) electrons. The molecule has 5 nitrogen and oxygen atoms in total. The Bertz CT molecular complexity index is 338. The fraction of sp³-hybridized carbons (Fsp3) is 0.700. The lowest BCUT2D eigenvalue weighted by Crippen LogP contribution is -2.33. The highest BCUT2D eigenvalue weighted by atomic mass is 35.5. The molecule has 0 atom stereocenters. The van der Waals surface area contributed by atoms with Gasteiger partial charge in [0.25, 0.3) is 0 Å². The van der Waals surface area contributed by atoms with Crippen molar-refractivity contribution in [3.63, 3.8) is 0 Å². The lowest BCUT2D eigenvalue weighted by Gasteiger charge is -2.23. The van der Waals surface area contributed by atoms with Crippen molar-refractivity contribution >= 4 is 29.2 Å². The van der Waals surface area contributed by atoms with E-state index >= 15 is 0 Å². The van der Waals surface area contributed by atoms with Gasteiger partial charge in [-0.05, 0) is 43.7 Å². The molecule has 1 aromatic rings. The minimum Gasteiger partial charge on any atom is -0.339 e. The standard InChI is InChI=1S/C10H17Cl2N5/c1-4-5-17(7-6-16(2)3)10-14-8(11)13-9(12)15-10/h4-7H2,1-3H3. The smallest absolute Gasteiger partial charge is 0.231 e. The molecule has 0 aromatic carbocycles. The molecule has 7 heteroatoms. The van der Waals surface area contributed by atoms with Gasteiger partial charge in [0.1, 0.15) is 0 Å². The molecule has 0 amide bonds. The maximum atomic E-state index is 5.77. The van der Waals surface area contributed by atoms with Gasteiger partial charge < -0.3 is 9.80 Å². The van der Waals surface area contributed by atoms with E-state index < -0.39 is 0 Å². The minimum absolute atomic E-state index is 0.131. The molecular weight excluding hydrogens is 261 g/mol. The molecule has 0 spiro atoms. The van der Waals surface area contributed by atoms with Gasteiger partial charge >= 0.3 is 0 Å². The molecule has 17 heavy (non-hydrogen) atoms. The van der Waals surface area contributed by atoms with Crippen LogP contribution in [0.2, 0.25) is 10.6 Å². The molecular formula is C10H17Cl2N5. The molecule has 0 aliphatic carbocycles. The molecule has 1 rings (SSSR count). The fourth-order valence-corrected chi connectivity index (χ4v) is 1.71. The zero-order chi connectivity index (χ0) is 12.8. The molecule has 0 saturated carbocycles. The van der Waals surface area contributed by atoms with Crippen LogP contribution in [0.3, 0.4) is 0 Å². The van der Waals surface area contributed by atoms with Crippen LogP contribution in [0.25, 0.3) is 0 Å². The molecule has 0 N–H and O–H groups in total. The van der Waals surface area contributed by atoms with Crippen LogP contribution in [0.15, 0.2) is 0 Å². The van der Waals surface area contributed by atoms with Crippen molar-refractivity contribution in [2.45, 2.75) is 13.3 Å². The van der Waals surface area contributed by atoms with Crippen LogP contribution in [0.5, 0.6) is 0 Å². The third kappa shape index (κ3) is 5.02. The first-order valence-electron chi connectivity index (χ1n) is 5.49. The van der Waals surface area contributed by atoms with E-state index in [-0.39, 0.29) is 10.6 Å². The van der Waals surface area contributed by atoms with Crippen LogP contribution in [-0.2, 0) is 0 Å². The molecule has 0 bridgehead atoms. The van der Waals surface area contributed by atoms with E-state index in [9.17, 15) is 0 Å². The van der Waals surface area contributed by atoms with Crippen molar-refractivity contribution < 1.29 is 0 Å². The average Bonchev–Trinajstić information content (AvgIpc) is 2.22. The Labute approximate surface area is 112 Å². The Morgan fingerprint density at radius 1 is 0.941 bits per heavy atom. The third-order valence-electron chi connectivity index (χ3n) is 2.16. The number of hydrogen-bond donors (Lipinski definition) is 0. The van der Waals surface area contributed by atoms with Crippen LogP contribution >= 0.6 is 23.2 Å². The summed E-state index contributed by atoms with van der Waals surface area (Å²) in [7, 11) is 4.05. The molecule has 0 saturated heterocycles. The molecule has 96 valence electrons. The van der Waals surface area contributed by atoms with Gasteiger partial charge in [0.15, 0.2) is 0 Å². The summed E-state index contributed by atoms with van der Waals surface area (Å²) < 4.78 is 0. The Morgan fingerprint density at radius 3 is 2.00 bits per heavy atom. The Balaban J connectivity index is 2.80. The summed E-state index contributed by atoms with van der Waals surface area (Å²) in [5.41, 5.74) is 0. The monoisotopic (exact) mass is 277 g/mol. The van der Waals surface area contributed by atoms with Crippen molar-refractivity contribution in [2.75, 3.05) is 38.6 Å². The zero-order valence-electron chi connectivity index (χ0n) is 10.3. The van der Waals surface area contributed by atoms with Gasteiger partial charge in [-0.2, -0.15) is 15.0 Å². The molecule has 1 aromatic heterocycles. The van der Waals surface area contributed by atoms with Gasteiger partial charge in [-0.3, -0.25) is 0 Å². The maximum absolute atomic E-state index is 5.77. The molecule has 0 fully saturated rings. The number of anilines is 1. The van der Waals surface area contributed by atoms with E-state index in [1.165, 1.54) is 0 Å². The van der Waals surface area contributed by atoms with Crippen LogP contribution in [0.1, 0.15) is 13.3 Å². The quantitative estimate of drug-likeness (QED) is 0.796. The molecule has 1 heterocycles. The minimum atomic E-state index is 0.131. The summed E-state index contributed by atoms with van der Waals surface area (Å²) in [6.45, 7) is 4.72. The van der Waals surface area contributed by atoms with Crippen molar-refractivity contribution in [1.82, 2.24) is 19.9 Å². The van der Waals surface area contributed by atoms with E-state index in [0.29, 0.717) is 5.95 Å². The van der Waals surface area contributed by atoms with Gasteiger partial charge in [0.05, 0.1) is 0 Å². The second-order valence-corrected chi connectivity index (χ2v) is 4.64. The van der Waals surface area contributed by atoms with E-state index in [1.807, 2.05) is 14.1 Å². The number of nitrogens with zero attached hydrogens (tertiary/aromatic N) is 5. The summed E-state index contributed by atoms with van der Waals surface area (Å²) in [6.07, 6.45) is 1.01. The van der Waals surface area contributed by atoms with Gasteiger partial charge in [-0.1, -0.05) is 6.92 Å². The van der Waals surface area contributed by atoms with Crippen LogP contribution < -0.4 is 4.90 Å². The SMILES string of the molecule is CCCN(CCN(C)C)c1nc(Cl)nc(Cl)n1. The lowest BCUT2D eigenvalue weighted by atomic mass is 10.4. The highest BCUT2D eigenvalue weighted by molar-refractivity contribution is 6.31. The van der Waals surface area contributed by atoms with Crippen molar-refractivity contribution in [1.29, 1.82) is 0 Å². The lowest BCUT2D eigenvalue weighted by molar-refractivity contribution is 0.411. The summed E-state index contributed by atoms with van der Waals surface area (Å²) in [4.78, 5) is 16.1. The Morgan fingerprint density at radius 2 is 1.53 bits per heavy atom. The van der Waals surface area contributed by atoms with Crippen LogP contribution in [-0.4, -0.2) is 53.6 Å². The first-order chi connectivity index (χ1) is 8.02. The van der Waals surface area contributed by atoms with E-state index in [1.54, 1.807) is 0 Å². The fourth-order valence-electron chi connectivity index (χ4n) is 1.36. The molecule has 0 unspecified atom stereocenters. The highest BCUT2D eigenvalue weighted by Gasteiger charge is 2.11. The maximum Gasteiger partial charge on any atom is 0.231 e. The Hall–Kier alpha value is -0.650. The average molecular weight is 278 g/mol. The van der Waals surface area contributed by atoms with E-state index in [4.69, 9.17) is 23.2 Å². The van der Waals surface area contributed by atoms with Crippen LogP contribution in [0, 0.1) is 0 Å². The van der Waals surface area contributed by atoms with Crippen LogP contribution in [0.4, 0.5) is 5.95 Å². The molecule has 0 aliphatic rings. The third-order valence-corrected chi connectivity index (χ3v) is 2.50. The van der Waals surface area contributed by atoms with Gasteiger partial charge in [-0.25, -0.2) is 0 Å². The number of halogens is 2. The predicted molar refractivity (Wildman–Crippen MR) is 70.9 cm³/mol. The topological polar surface area (TPSA) is 45.2 Å². The first kappa shape index (κ1) is 14.4. The molecule has 0 aliphatic heterocycles. The van der Waals surface area contributed by atoms with Gasteiger partial charge in [0.2, 0.25) is 16.5 Å². The summed E-state index contributed by atoms with van der Waals surface area (Å²) in [5.74, 6) is 0.540. The summed E-state index contributed by atoms with van der Waals surface area (Å²) >= 11 is 11.5. The highest BCUT2D eigenvalue weighted by Crippen LogP contribution is 2.14. The largest absolute Gasteiger partial charge is 0.339 e.